The van der Waals surface area contributed by atoms with Crippen LogP contribution in [0.25, 0.3) is 0 Å². The van der Waals surface area contributed by atoms with Gasteiger partial charge in [-0.2, -0.15) is 0 Å². The number of halogens is 4. The molecule has 0 aliphatic carbocycles. The first kappa shape index (κ1) is 21.0. The van der Waals surface area contributed by atoms with Gasteiger partial charge in [0.1, 0.15) is 0 Å². The Morgan fingerprint density at radius 3 is 1.81 bits per heavy atom. The molecule has 26 heavy (non-hydrogen) atoms. The van der Waals surface area contributed by atoms with Crippen LogP contribution in [0.1, 0.15) is 20.8 Å². The molecule has 0 N–H and O–H groups in total. The summed E-state index contributed by atoms with van der Waals surface area (Å²) in [7, 11) is -6.20. The molecule has 0 saturated heterocycles. The molecule has 146 valence electrons. The summed E-state index contributed by atoms with van der Waals surface area (Å²) in [5.74, 6) is 0.311. The Balaban J connectivity index is 2.63. The average molecular weight is 502 g/mol. The van der Waals surface area contributed by atoms with E-state index in [-0.39, 0.29) is 0 Å². The predicted molar refractivity (Wildman–Crippen MR) is 86.4 cm³/mol. The number of benzene rings is 2. The van der Waals surface area contributed by atoms with Crippen molar-refractivity contribution in [3.8, 4) is 5.75 Å². The van der Waals surface area contributed by atoms with Crippen molar-refractivity contribution in [3.63, 3.8) is 0 Å². The van der Waals surface area contributed by atoms with Crippen molar-refractivity contribution in [2.45, 2.75) is 29.6 Å². The van der Waals surface area contributed by atoms with Crippen molar-refractivity contribution in [1.82, 2.24) is 0 Å². The Hall–Kier alpha value is -1.33. The first-order chi connectivity index (χ1) is 11.8. The summed E-state index contributed by atoms with van der Waals surface area (Å²) in [5.41, 5.74) is -0.559. The molecule has 0 amide bonds. The minimum absolute atomic E-state index is 0.311. The maximum absolute atomic E-state index is 15.8. The molecule has 2 aromatic rings. The summed E-state index contributed by atoms with van der Waals surface area (Å²) in [6, 6.07) is 11.0. The number of hydrogen-bond donors (Lipinski definition) is 0. The third-order valence-electron chi connectivity index (χ3n) is 3.16. The molecule has 0 aliphatic rings. The van der Waals surface area contributed by atoms with Gasteiger partial charge >= 0.3 is 156 Å². The van der Waals surface area contributed by atoms with Crippen LogP contribution in [0.3, 0.4) is 0 Å². The normalized spacial score (nSPS) is 16.6. The third-order valence-corrected chi connectivity index (χ3v) is 13.4. The molecule has 1 atom stereocenters. The van der Waals surface area contributed by atoms with E-state index in [0.717, 1.165) is 24.3 Å². The van der Waals surface area contributed by atoms with Gasteiger partial charge in [-0.1, -0.05) is 0 Å². The molecule has 0 saturated carbocycles. The van der Waals surface area contributed by atoms with Crippen molar-refractivity contribution in [2.75, 3.05) is 0 Å². The Labute approximate surface area is 155 Å². The zero-order valence-corrected chi connectivity index (χ0v) is 17.2. The van der Waals surface area contributed by atoms with Gasteiger partial charge in [-0.25, -0.2) is 0 Å². The van der Waals surface area contributed by atoms with Crippen molar-refractivity contribution >= 4 is 10.1 Å². The van der Waals surface area contributed by atoms with Crippen LogP contribution in [0.5, 0.6) is 5.75 Å². The molecule has 0 radical (unpaired) electrons. The predicted octanol–water partition coefficient (Wildman–Crippen LogP) is 1.04. The molecule has 0 aromatic heterocycles. The maximum atomic E-state index is 15.8. The van der Waals surface area contributed by atoms with Crippen molar-refractivity contribution in [2.24, 2.45) is 0 Å². The van der Waals surface area contributed by atoms with E-state index in [2.05, 4.69) is 0 Å². The second-order valence-electron chi connectivity index (χ2n) is 6.36. The number of alkyl halides is 3. The van der Waals surface area contributed by atoms with Crippen LogP contribution in [0.4, 0.5) is 11.6 Å². The van der Waals surface area contributed by atoms with E-state index in [0.29, 0.717) is 5.75 Å². The number of rotatable bonds is 5. The van der Waals surface area contributed by atoms with Gasteiger partial charge in [-0.15, -0.1) is 0 Å². The van der Waals surface area contributed by atoms with E-state index >= 15 is 2.86 Å². The van der Waals surface area contributed by atoms with Gasteiger partial charge in [0, 0.05) is 0 Å². The molecule has 0 fully saturated rings. The van der Waals surface area contributed by atoms with E-state index < -0.39 is 45.1 Å². The summed E-state index contributed by atoms with van der Waals surface area (Å²) in [5, 5.41) is 0. The van der Waals surface area contributed by atoms with Crippen LogP contribution in [-0.2, 0) is 10.1 Å². The van der Waals surface area contributed by atoms with Gasteiger partial charge in [0.05, 0.1) is 0 Å². The molecule has 0 heterocycles. The Morgan fingerprint density at radius 1 is 0.923 bits per heavy atom. The SMILES string of the molecule is CC(C)(C)Oc1ccc([I-](F)(c2ccccc2)C(F)(F)S(=O)(=O)[O-])cc1. The summed E-state index contributed by atoms with van der Waals surface area (Å²) >= 11 is -6.29. The van der Waals surface area contributed by atoms with Crippen molar-refractivity contribution in [1.29, 1.82) is 0 Å². The standard InChI is InChI=1S/C17H19F3IO4S/c1-16(2,3)25-15-11-9-14(10-12-15)21(20,13-7-5-4-6-8-13)17(18,19)26(22,23)24/h4-12H,1-3H3,(H,22,23,24)/q-1/p-1. The van der Waals surface area contributed by atoms with Gasteiger partial charge < -0.3 is 0 Å². The zero-order valence-electron chi connectivity index (χ0n) is 14.2. The summed E-state index contributed by atoms with van der Waals surface area (Å²) in [6.07, 6.45) is 0. The van der Waals surface area contributed by atoms with E-state index in [1.54, 1.807) is 20.8 Å². The van der Waals surface area contributed by atoms with E-state index in [1.807, 2.05) is 0 Å². The van der Waals surface area contributed by atoms with Crippen LogP contribution in [0.15, 0.2) is 54.6 Å². The van der Waals surface area contributed by atoms with Gasteiger partial charge in [0.25, 0.3) is 0 Å². The molecular weight excluding hydrogens is 484 g/mol. The topological polar surface area (TPSA) is 66.4 Å². The summed E-state index contributed by atoms with van der Waals surface area (Å²) in [6.45, 7) is 5.33. The van der Waals surface area contributed by atoms with Crippen LogP contribution >= 0.6 is 0 Å². The first-order valence-corrected chi connectivity index (χ1v) is 12.9. The molecule has 0 bridgehead atoms. The van der Waals surface area contributed by atoms with Crippen LogP contribution in [0, 0.1) is 7.14 Å². The fourth-order valence-corrected chi connectivity index (χ4v) is 10.7. The van der Waals surface area contributed by atoms with E-state index in [1.165, 1.54) is 30.3 Å². The van der Waals surface area contributed by atoms with Crippen LogP contribution in [0.2, 0.25) is 0 Å². The zero-order chi connectivity index (χ0) is 19.8. The Bertz CT molecular complexity index is 865. The fourth-order valence-electron chi connectivity index (χ4n) is 2.13. The summed E-state index contributed by atoms with van der Waals surface area (Å²) in [4.78, 5) is 0. The van der Waals surface area contributed by atoms with Crippen molar-refractivity contribution in [3.05, 3.63) is 61.7 Å². The molecule has 2 rings (SSSR count). The second kappa shape index (κ2) is 7.01. The third kappa shape index (κ3) is 3.99. The fraction of sp³-hybridized carbons (Fsp3) is 0.294. The van der Waals surface area contributed by atoms with E-state index in [9.17, 15) is 21.8 Å². The van der Waals surface area contributed by atoms with Crippen LogP contribution < -0.4 is 23.7 Å². The van der Waals surface area contributed by atoms with Gasteiger partial charge in [0.2, 0.25) is 0 Å². The summed E-state index contributed by atoms with van der Waals surface area (Å²) < 4.78 is 77.9. The van der Waals surface area contributed by atoms with Crippen molar-refractivity contribution < 1.29 is 48.4 Å². The molecule has 1 unspecified atom stereocenters. The first-order valence-electron chi connectivity index (χ1n) is 7.43. The van der Waals surface area contributed by atoms with Gasteiger partial charge in [-0.3, -0.25) is 0 Å². The Morgan fingerprint density at radius 2 is 1.38 bits per heavy atom. The molecular formula is C17H18F3IO4S-2. The molecule has 0 aliphatic heterocycles. The van der Waals surface area contributed by atoms with Gasteiger partial charge in [0.15, 0.2) is 0 Å². The minimum atomic E-state index is -6.29. The van der Waals surface area contributed by atoms with Crippen LogP contribution in [-0.4, -0.2) is 21.8 Å². The second-order valence-corrected chi connectivity index (χ2v) is 15.2. The molecule has 0 spiro atoms. The average Bonchev–Trinajstić information content (AvgIpc) is 2.53. The molecule has 4 nitrogen and oxygen atoms in total. The quantitative estimate of drug-likeness (QED) is 0.349. The van der Waals surface area contributed by atoms with Gasteiger partial charge in [-0.05, 0) is 0 Å². The van der Waals surface area contributed by atoms with E-state index in [4.69, 9.17) is 4.74 Å². The number of hydrogen-bond acceptors (Lipinski definition) is 4. The number of ether oxygens (including phenoxy) is 1. The Kier molecular flexibility index (Phi) is 5.65. The monoisotopic (exact) mass is 502 g/mol. The molecule has 2 aromatic carbocycles. The molecule has 9 heteroatoms.